The van der Waals surface area contributed by atoms with E-state index >= 15 is 0 Å². The lowest BCUT2D eigenvalue weighted by atomic mass is 10.1. The van der Waals surface area contributed by atoms with E-state index in [0.717, 1.165) is 17.8 Å². The molecule has 0 aromatic heterocycles. The predicted molar refractivity (Wildman–Crippen MR) is 112 cm³/mol. The number of hydrazine groups is 1. The van der Waals surface area contributed by atoms with Gasteiger partial charge in [0, 0.05) is 11.4 Å². The first-order chi connectivity index (χ1) is 12.6. The number of nitrogens with one attached hydrogen (secondary N) is 4. The van der Waals surface area contributed by atoms with E-state index in [2.05, 4.69) is 40.5 Å². The minimum absolute atomic E-state index is 0.158. The van der Waals surface area contributed by atoms with Crippen LogP contribution in [0.25, 0.3) is 0 Å². The molecule has 0 fully saturated rings. The maximum absolute atomic E-state index is 11.9. The summed E-state index contributed by atoms with van der Waals surface area (Å²) in [6.45, 7) is 4.36. The van der Waals surface area contributed by atoms with Gasteiger partial charge in [-0.1, -0.05) is 43.2 Å². The quantitative estimate of drug-likeness (QED) is 0.441. The number of anilines is 2. The average Bonchev–Trinajstić information content (AvgIpc) is 2.65. The Hall–Kier alpha value is -2.60. The highest BCUT2D eigenvalue weighted by molar-refractivity contribution is 7.80. The average molecular weight is 371 g/mol. The Labute approximate surface area is 160 Å². The number of hydrogen-bond acceptors (Lipinski definition) is 3. The zero-order valence-electron chi connectivity index (χ0n) is 15.3. The van der Waals surface area contributed by atoms with Crippen molar-refractivity contribution in [2.24, 2.45) is 0 Å². The lowest BCUT2D eigenvalue weighted by molar-refractivity contribution is -0.119. The van der Waals surface area contributed by atoms with Gasteiger partial charge in [-0.05, 0) is 61.8 Å². The molecule has 2 aromatic rings. The molecule has 0 heterocycles. The fourth-order valence-corrected chi connectivity index (χ4v) is 2.49. The molecule has 6 heteroatoms. The van der Waals surface area contributed by atoms with E-state index in [-0.39, 0.29) is 12.5 Å². The maximum Gasteiger partial charge on any atom is 0.257 e. The molecule has 0 saturated heterocycles. The second-order valence-electron chi connectivity index (χ2n) is 6.15. The Balaban J connectivity index is 1.68. The maximum atomic E-state index is 11.9. The molecule has 5 nitrogen and oxygen atoms in total. The fourth-order valence-electron chi connectivity index (χ4n) is 2.32. The summed E-state index contributed by atoms with van der Waals surface area (Å²) >= 11 is 5.19. The van der Waals surface area contributed by atoms with Crippen LogP contribution < -0.4 is 21.5 Å². The molecular formula is C20H26N4OS. The molecule has 0 radical (unpaired) electrons. The van der Waals surface area contributed by atoms with Gasteiger partial charge in [0.15, 0.2) is 5.11 Å². The number of carbonyl (C=O) groups excluding carboxylic acids is 1. The zero-order chi connectivity index (χ0) is 18.8. The van der Waals surface area contributed by atoms with Crippen LogP contribution in [0.2, 0.25) is 0 Å². The summed E-state index contributed by atoms with van der Waals surface area (Å²) in [4.78, 5) is 11.9. The lowest BCUT2D eigenvalue weighted by Gasteiger charge is -2.13. The molecule has 2 rings (SSSR count). The number of amides is 1. The number of unbranched alkanes of at least 4 members (excludes halogenated alkanes) is 1. The van der Waals surface area contributed by atoms with E-state index in [9.17, 15) is 4.79 Å². The second kappa shape index (κ2) is 10.4. The molecule has 0 atom stereocenters. The van der Waals surface area contributed by atoms with E-state index in [1.54, 1.807) is 0 Å². The van der Waals surface area contributed by atoms with E-state index in [0.29, 0.717) is 5.11 Å². The van der Waals surface area contributed by atoms with Crippen LogP contribution in [0.15, 0.2) is 48.5 Å². The summed E-state index contributed by atoms with van der Waals surface area (Å²) in [6.07, 6.45) is 3.46. The first kappa shape index (κ1) is 19.7. The molecule has 0 saturated carbocycles. The summed E-state index contributed by atoms with van der Waals surface area (Å²) in [5.74, 6) is -0.204. The van der Waals surface area contributed by atoms with Gasteiger partial charge in [-0.2, -0.15) is 0 Å². The summed E-state index contributed by atoms with van der Waals surface area (Å²) in [7, 11) is 0. The Kier molecular flexibility index (Phi) is 7.89. The minimum atomic E-state index is -0.204. The molecule has 1 amide bonds. The highest BCUT2D eigenvalue weighted by Crippen LogP contribution is 2.11. The van der Waals surface area contributed by atoms with Crippen molar-refractivity contribution in [2.45, 2.75) is 33.1 Å². The van der Waals surface area contributed by atoms with Crippen LogP contribution in [-0.2, 0) is 11.2 Å². The monoisotopic (exact) mass is 370 g/mol. The molecule has 4 N–H and O–H groups in total. The fraction of sp³-hybridized carbons (Fsp3) is 0.300. The minimum Gasteiger partial charge on any atom is -0.376 e. The first-order valence-electron chi connectivity index (χ1n) is 8.82. The third kappa shape index (κ3) is 7.11. The van der Waals surface area contributed by atoms with Gasteiger partial charge >= 0.3 is 0 Å². The van der Waals surface area contributed by atoms with E-state index < -0.39 is 0 Å². The molecule has 26 heavy (non-hydrogen) atoms. The number of benzene rings is 2. The van der Waals surface area contributed by atoms with Crippen LogP contribution in [0.4, 0.5) is 11.4 Å². The molecule has 0 bridgehead atoms. The summed E-state index contributed by atoms with van der Waals surface area (Å²) in [5, 5.41) is 6.44. The van der Waals surface area contributed by atoms with Gasteiger partial charge in [0.05, 0.1) is 6.54 Å². The topological polar surface area (TPSA) is 65.2 Å². The van der Waals surface area contributed by atoms with Crippen molar-refractivity contribution in [1.29, 1.82) is 0 Å². The molecule has 0 unspecified atom stereocenters. The summed E-state index contributed by atoms with van der Waals surface area (Å²) in [5.41, 5.74) is 9.55. The third-order valence-electron chi connectivity index (χ3n) is 3.85. The number of hydrogen-bond donors (Lipinski definition) is 4. The van der Waals surface area contributed by atoms with Gasteiger partial charge in [0.25, 0.3) is 5.91 Å². The molecule has 2 aromatic carbocycles. The van der Waals surface area contributed by atoms with Crippen LogP contribution in [0.3, 0.4) is 0 Å². The van der Waals surface area contributed by atoms with E-state index in [1.807, 2.05) is 43.3 Å². The number of rotatable bonds is 7. The smallest absolute Gasteiger partial charge is 0.257 e. The molecule has 0 aliphatic carbocycles. The highest BCUT2D eigenvalue weighted by Gasteiger charge is 2.03. The molecular weight excluding hydrogens is 344 g/mol. The van der Waals surface area contributed by atoms with Gasteiger partial charge in [0.2, 0.25) is 0 Å². The zero-order valence-corrected chi connectivity index (χ0v) is 16.1. The van der Waals surface area contributed by atoms with Gasteiger partial charge in [-0.25, -0.2) is 0 Å². The normalized spacial score (nSPS) is 10.1. The van der Waals surface area contributed by atoms with E-state index in [4.69, 9.17) is 12.2 Å². The Morgan fingerprint density at radius 3 is 2.27 bits per heavy atom. The van der Waals surface area contributed by atoms with Crippen LogP contribution >= 0.6 is 12.2 Å². The predicted octanol–water partition coefficient (Wildman–Crippen LogP) is 3.77. The number of carbonyl (C=O) groups is 1. The SMILES string of the molecule is CCCCc1ccc(NC(=S)NNC(=O)CNc2ccc(C)cc2)cc1. The number of aryl methyl sites for hydroxylation is 2. The summed E-state index contributed by atoms with van der Waals surface area (Å²) < 4.78 is 0. The van der Waals surface area contributed by atoms with Crippen LogP contribution in [0, 0.1) is 6.92 Å². The lowest BCUT2D eigenvalue weighted by Crippen LogP contribution is -2.45. The van der Waals surface area contributed by atoms with Gasteiger partial charge < -0.3 is 10.6 Å². The van der Waals surface area contributed by atoms with Crippen molar-refractivity contribution >= 4 is 34.6 Å². The second-order valence-corrected chi connectivity index (χ2v) is 6.56. The Morgan fingerprint density at radius 2 is 1.62 bits per heavy atom. The third-order valence-corrected chi connectivity index (χ3v) is 4.06. The molecule has 0 spiro atoms. The van der Waals surface area contributed by atoms with Crippen molar-refractivity contribution in [3.63, 3.8) is 0 Å². The van der Waals surface area contributed by atoms with E-state index in [1.165, 1.54) is 24.0 Å². The molecule has 138 valence electrons. The standard InChI is InChI=1S/C20H26N4OS/c1-3-4-5-16-8-12-18(13-9-16)22-20(26)24-23-19(25)14-21-17-10-6-15(2)7-11-17/h6-13,21H,3-5,14H2,1-2H3,(H,23,25)(H2,22,24,26). The van der Waals surface area contributed by atoms with Crippen molar-refractivity contribution in [2.75, 3.05) is 17.2 Å². The van der Waals surface area contributed by atoms with Crippen molar-refractivity contribution < 1.29 is 4.79 Å². The number of thiocarbonyl (C=S) groups is 1. The van der Waals surface area contributed by atoms with Gasteiger partial charge in [-0.15, -0.1) is 0 Å². The molecule has 0 aliphatic heterocycles. The van der Waals surface area contributed by atoms with Gasteiger partial charge in [-0.3, -0.25) is 15.6 Å². The van der Waals surface area contributed by atoms with Crippen molar-refractivity contribution in [3.05, 3.63) is 59.7 Å². The highest BCUT2D eigenvalue weighted by atomic mass is 32.1. The Morgan fingerprint density at radius 1 is 0.962 bits per heavy atom. The van der Waals surface area contributed by atoms with Crippen LogP contribution in [0.5, 0.6) is 0 Å². The van der Waals surface area contributed by atoms with Crippen LogP contribution in [0.1, 0.15) is 30.9 Å². The largest absolute Gasteiger partial charge is 0.376 e. The van der Waals surface area contributed by atoms with Gasteiger partial charge in [0.1, 0.15) is 0 Å². The van der Waals surface area contributed by atoms with Crippen molar-refractivity contribution in [1.82, 2.24) is 10.9 Å². The first-order valence-corrected chi connectivity index (χ1v) is 9.23. The van der Waals surface area contributed by atoms with Crippen molar-refractivity contribution in [3.8, 4) is 0 Å². The van der Waals surface area contributed by atoms with Crippen LogP contribution in [-0.4, -0.2) is 17.6 Å². The molecule has 0 aliphatic rings. The summed E-state index contributed by atoms with van der Waals surface area (Å²) in [6, 6.07) is 16.0. The Bertz CT molecular complexity index is 714.